The first kappa shape index (κ1) is 15.1. The van der Waals surface area contributed by atoms with Crippen LogP contribution in [0.5, 0.6) is 0 Å². The third-order valence-corrected chi connectivity index (χ3v) is 3.26. The number of benzene rings is 2. The van der Waals surface area contributed by atoms with E-state index in [-0.39, 0.29) is 0 Å². The number of hydrogen-bond acceptors (Lipinski definition) is 3. The highest BCUT2D eigenvalue weighted by atomic mass is 19.4. The molecule has 0 amide bonds. The average Bonchev–Trinajstić information content (AvgIpc) is 3.02. The van der Waals surface area contributed by atoms with E-state index in [0.717, 1.165) is 17.8 Å². The molecule has 0 spiro atoms. The fourth-order valence-corrected chi connectivity index (χ4v) is 2.07. The normalized spacial score (nSPS) is 11.4. The average molecular weight is 318 g/mol. The number of rotatable bonds is 4. The zero-order valence-corrected chi connectivity index (χ0v) is 12.0. The lowest BCUT2D eigenvalue weighted by molar-refractivity contribution is -0.137. The quantitative estimate of drug-likeness (QED) is 0.738. The van der Waals surface area contributed by atoms with Gasteiger partial charge in [0.05, 0.1) is 17.8 Å². The van der Waals surface area contributed by atoms with Crippen LogP contribution in [0.25, 0.3) is 11.5 Å². The molecule has 1 aromatic heterocycles. The van der Waals surface area contributed by atoms with Crippen LogP contribution in [0.1, 0.15) is 11.3 Å². The van der Waals surface area contributed by atoms with Gasteiger partial charge in [0.1, 0.15) is 6.26 Å². The minimum atomic E-state index is -4.35. The maximum atomic E-state index is 12.5. The Morgan fingerprint density at radius 2 is 1.65 bits per heavy atom. The van der Waals surface area contributed by atoms with Crippen LogP contribution in [0.15, 0.2) is 65.3 Å². The maximum Gasteiger partial charge on any atom is 0.416 e. The number of alkyl halides is 3. The molecule has 0 saturated carbocycles. The predicted octanol–water partition coefficient (Wildman–Crippen LogP) is 4.97. The minimum Gasteiger partial charge on any atom is -0.444 e. The Hall–Kier alpha value is -2.76. The lowest BCUT2D eigenvalue weighted by atomic mass is 10.1. The van der Waals surface area contributed by atoms with E-state index in [2.05, 4.69) is 10.3 Å². The van der Waals surface area contributed by atoms with Gasteiger partial charge in [0.25, 0.3) is 0 Å². The fourth-order valence-electron chi connectivity index (χ4n) is 2.07. The van der Waals surface area contributed by atoms with Crippen LogP contribution in [0.3, 0.4) is 0 Å². The van der Waals surface area contributed by atoms with Gasteiger partial charge in [-0.3, -0.25) is 0 Å². The molecule has 2 aromatic carbocycles. The third-order valence-electron chi connectivity index (χ3n) is 3.26. The van der Waals surface area contributed by atoms with Crippen molar-refractivity contribution in [3.8, 4) is 11.5 Å². The Balaban J connectivity index is 1.69. The monoisotopic (exact) mass is 318 g/mol. The zero-order valence-electron chi connectivity index (χ0n) is 12.0. The summed E-state index contributed by atoms with van der Waals surface area (Å²) in [6.45, 7) is 0.466. The van der Waals surface area contributed by atoms with Gasteiger partial charge >= 0.3 is 6.18 Å². The number of aromatic nitrogens is 1. The molecule has 0 aliphatic rings. The number of hydrogen-bond donors (Lipinski definition) is 1. The Bertz CT molecular complexity index is 765. The van der Waals surface area contributed by atoms with Crippen molar-refractivity contribution in [3.05, 3.63) is 72.1 Å². The van der Waals surface area contributed by atoms with Crippen molar-refractivity contribution in [2.75, 3.05) is 5.32 Å². The van der Waals surface area contributed by atoms with E-state index < -0.39 is 11.7 Å². The van der Waals surface area contributed by atoms with Gasteiger partial charge in [-0.2, -0.15) is 13.2 Å². The Labute approximate surface area is 130 Å². The second kappa shape index (κ2) is 6.16. The summed E-state index contributed by atoms with van der Waals surface area (Å²) in [4.78, 5) is 4.28. The summed E-state index contributed by atoms with van der Waals surface area (Å²) < 4.78 is 43.0. The summed E-state index contributed by atoms with van der Waals surface area (Å²) in [5.41, 5.74) is 1.43. The molecule has 0 fully saturated rings. The molecule has 1 N–H and O–H groups in total. The predicted molar refractivity (Wildman–Crippen MR) is 80.7 cm³/mol. The van der Waals surface area contributed by atoms with Crippen molar-refractivity contribution in [1.82, 2.24) is 4.98 Å². The molecule has 0 unspecified atom stereocenters. The number of oxazole rings is 1. The van der Waals surface area contributed by atoms with E-state index in [1.807, 2.05) is 30.3 Å². The van der Waals surface area contributed by atoms with Gasteiger partial charge < -0.3 is 9.73 Å². The third kappa shape index (κ3) is 3.71. The fraction of sp³-hybridized carbons (Fsp3) is 0.118. The zero-order chi connectivity index (χ0) is 16.3. The van der Waals surface area contributed by atoms with Crippen molar-refractivity contribution >= 4 is 5.69 Å². The van der Waals surface area contributed by atoms with E-state index in [1.54, 1.807) is 0 Å². The van der Waals surface area contributed by atoms with Crippen LogP contribution in [0.2, 0.25) is 0 Å². The number of nitrogens with one attached hydrogen (secondary N) is 1. The molecule has 3 nitrogen and oxygen atoms in total. The number of para-hydroxylation sites is 1. The molecular weight excluding hydrogens is 305 g/mol. The van der Waals surface area contributed by atoms with Crippen LogP contribution in [0.4, 0.5) is 18.9 Å². The highest BCUT2D eigenvalue weighted by Crippen LogP contribution is 2.30. The molecule has 3 aromatic rings. The molecule has 6 heteroatoms. The first-order valence-corrected chi connectivity index (χ1v) is 6.93. The Morgan fingerprint density at radius 1 is 0.957 bits per heavy atom. The number of nitrogens with zero attached hydrogens (tertiary/aromatic N) is 1. The van der Waals surface area contributed by atoms with Gasteiger partial charge in [0.15, 0.2) is 0 Å². The molecule has 23 heavy (non-hydrogen) atoms. The molecular formula is C17H13F3N2O. The largest absolute Gasteiger partial charge is 0.444 e. The summed E-state index contributed by atoms with van der Waals surface area (Å²) >= 11 is 0. The van der Waals surface area contributed by atoms with E-state index in [9.17, 15) is 13.2 Å². The standard InChI is InChI=1S/C17H13F3N2O/c18-17(19,20)13-8-6-12(7-9-13)16-22-15(11-23-16)10-21-14-4-2-1-3-5-14/h1-9,11,21H,10H2. The van der Waals surface area contributed by atoms with E-state index in [4.69, 9.17) is 4.42 Å². The van der Waals surface area contributed by atoms with E-state index in [1.165, 1.54) is 18.4 Å². The summed E-state index contributed by atoms with van der Waals surface area (Å²) in [6.07, 6.45) is -2.86. The second-order valence-corrected chi connectivity index (χ2v) is 4.94. The summed E-state index contributed by atoms with van der Waals surface area (Å²) in [7, 11) is 0. The van der Waals surface area contributed by atoms with Crippen LogP contribution in [0, 0.1) is 0 Å². The maximum absolute atomic E-state index is 12.5. The molecule has 1 heterocycles. The van der Waals surface area contributed by atoms with Crippen molar-refractivity contribution < 1.29 is 17.6 Å². The lowest BCUT2D eigenvalue weighted by Gasteiger charge is -2.06. The summed E-state index contributed by atoms with van der Waals surface area (Å²) in [5.74, 6) is 0.295. The van der Waals surface area contributed by atoms with Gasteiger partial charge in [-0.05, 0) is 36.4 Å². The van der Waals surface area contributed by atoms with E-state index in [0.29, 0.717) is 23.7 Å². The molecule has 0 saturated heterocycles. The van der Waals surface area contributed by atoms with E-state index >= 15 is 0 Å². The van der Waals surface area contributed by atoms with Crippen molar-refractivity contribution in [1.29, 1.82) is 0 Å². The van der Waals surface area contributed by atoms with Crippen LogP contribution >= 0.6 is 0 Å². The first-order valence-electron chi connectivity index (χ1n) is 6.93. The van der Waals surface area contributed by atoms with Crippen molar-refractivity contribution in [2.24, 2.45) is 0 Å². The highest BCUT2D eigenvalue weighted by molar-refractivity contribution is 5.54. The van der Waals surface area contributed by atoms with Crippen LogP contribution < -0.4 is 5.32 Å². The SMILES string of the molecule is FC(F)(F)c1ccc(-c2nc(CNc3ccccc3)co2)cc1. The molecule has 0 aliphatic carbocycles. The molecule has 3 rings (SSSR count). The van der Waals surface area contributed by atoms with Gasteiger partial charge in [-0.15, -0.1) is 0 Å². The number of halogens is 3. The van der Waals surface area contributed by atoms with Gasteiger partial charge in [-0.1, -0.05) is 18.2 Å². The molecule has 0 aliphatic heterocycles. The lowest BCUT2D eigenvalue weighted by Crippen LogP contribution is -2.04. The van der Waals surface area contributed by atoms with Gasteiger partial charge in [0.2, 0.25) is 5.89 Å². The molecule has 118 valence electrons. The molecule has 0 bridgehead atoms. The Kier molecular flexibility index (Phi) is 4.06. The highest BCUT2D eigenvalue weighted by Gasteiger charge is 2.30. The van der Waals surface area contributed by atoms with Crippen LogP contribution in [-0.2, 0) is 12.7 Å². The molecule has 0 radical (unpaired) electrons. The van der Waals surface area contributed by atoms with Crippen molar-refractivity contribution in [3.63, 3.8) is 0 Å². The minimum absolute atomic E-state index is 0.295. The van der Waals surface area contributed by atoms with Gasteiger partial charge in [-0.25, -0.2) is 4.98 Å². The molecule has 0 atom stereocenters. The first-order chi connectivity index (χ1) is 11.0. The summed E-state index contributed by atoms with van der Waals surface area (Å²) in [5, 5.41) is 3.18. The second-order valence-electron chi connectivity index (χ2n) is 4.94. The van der Waals surface area contributed by atoms with Crippen molar-refractivity contribution in [2.45, 2.75) is 12.7 Å². The Morgan fingerprint density at radius 3 is 2.30 bits per heavy atom. The summed E-state index contributed by atoms with van der Waals surface area (Å²) in [6, 6.07) is 14.3. The number of anilines is 1. The van der Waals surface area contributed by atoms with Gasteiger partial charge in [0, 0.05) is 11.3 Å². The topological polar surface area (TPSA) is 38.1 Å². The van der Waals surface area contributed by atoms with Crippen LogP contribution in [-0.4, -0.2) is 4.98 Å². The smallest absolute Gasteiger partial charge is 0.416 e.